The number of rotatable bonds is 14. The molecule has 0 N–H and O–H groups in total. The molecule has 3 nitrogen and oxygen atoms in total. The molecule has 1 aromatic heterocycles. The predicted octanol–water partition coefficient (Wildman–Crippen LogP) is 6.16. The zero-order chi connectivity index (χ0) is 17.6. The molecule has 0 atom stereocenters. The van der Waals surface area contributed by atoms with E-state index >= 15 is 0 Å². The molecule has 3 heteroatoms. The standard InChI is InChI=1S/C21H36O3/c1-4-6-11-14-19-17-18(3)20(24-19)15-12-9-7-8-10-13-16-21(22)23-5-2/h17H,4-16H2,1-3H3. The lowest BCUT2D eigenvalue weighted by Crippen LogP contribution is -2.03. The van der Waals surface area contributed by atoms with E-state index in [2.05, 4.69) is 19.9 Å². The number of ether oxygens (including phenoxy) is 1. The summed E-state index contributed by atoms with van der Waals surface area (Å²) in [6.45, 7) is 6.74. The Morgan fingerprint density at radius 3 is 2.33 bits per heavy atom. The van der Waals surface area contributed by atoms with Gasteiger partial charge in [0.15, 0.2) is 0 Å². The fourth-order valence-electron chi connectivity index (χ4n) is 3.01. The lowest BCUT2D eigenvalue weighted by molar-refractivity contribution is -0.143. The highest BCUT2D eigenvalue weighted by Crippen LogP contribution is 2.19. The van der Waals surface area contributed by atoms with Crippen LogP contribution in [0.4, 0.5) is 0 Å². The maximum atomic E-state index is 11.2. The van der Waals surface area contributed by atoms with E-state index in [1.807, 2.05) is 6.92 Å². The van der Waals surface area contributed by atoms with Gasteiger partial charge in [-0.1, -0.05) is 45.4 Å². The maximum absolute atomic E-state index is 11.2. The Labute approximate surface area is 148 Å². The molecule has 1 rings (SSSR count). The van der Waals surface area contributed by atoms with Crippen molar-refractivity contribution < 1.29 is 13.9 Å². The predicted molar refractivity (Wildman–Crippen MR) is 99.3 cm³/mol. The van der Waals surface area contributed by atoms with Crippen LogP contribution in [0.1, 0.15) is 95.1 Å². The van der Waals surface area contributed by atoms with Crippen LogP contribution in [0.25, 0.3) is 0 Å². The number of aryl methyl sites for hydroxylation is 3. The van der Waals surface area contributed by atoms with Gasteiger partial charge in [0.2, 0.25) is 0 Å². The van der Waals surface area contributed by atoms with Crippen molar-refractivity contribution in [2.75, 3.05) is 6.61 Å². The van der Waals surface area contributed by atoms with Crippen LogP contribution >= 0.6 is 0 Å². The molecule has 0 aliphatic carbocycles. The average Bonchev–Trinajstić information content (AvgIpc) is 2.90. The van der Waals surface area contributed by atoms with Crippen LogP contribution in [0.3, 0.4) is 0 Å². The minimum Gasteiger partial charge on any atom is -0.466 e. The maximum Gasteiger partial charge on any atom is 0.305 e. The molecule has 0 aliphatic heterocycles. The Balaban J connectivity index is 2.05. The zero-order valence-electron chi connectivity index (χ0n) is 16.0. The van der Waals surface area contributed by atoms with Crippen molar-refractivity contribution in [2.24, 2.45) is 0 Å². The lowest BCUT2D eigenvalue weighted by atomic mass is 10.1. The highest BCUT2D eigenvalue weighted by molar-refractivity contribution is 5.69. The Hall–Kier alpha value is -1.25. The summed E-state index contributed by atoms with van der Waals surface area (Å²) in [5.74, 6) is 2.29. The second-order valence-electron chi connectivity index (χ2n) is 6.70. The molecule has 0 saturated heterocycles. The number of carbonyl (C=O) groups is 1. The van der Waals surface area contributed by atoms with Gasteiger partial charge in [0, 0.05) is 19.3 Å². The van der Waals surface area contributed by atoms with Crippen LogP contribution in [0.2, 0.25) is 0 Å². The third kappa shape index (κ3) is 9.14. The van der Waals surface area contributed by atoms with Crippen molar-refractivity contribution in [1.29, 1.82) is 0 Å². The molecule has 0 amide bonds. The Kier molecular flexibility index (Phi) is 11.3. The van der Waals surface area contributed by atoms with Crippen LogP contribution in [-0.2, 0) is 22.4 Å². The first-order chi connectivity index (χ1) is 11.7. The van der Waals surface area contributed by atoms with Crippen molar-refractivity contribution in [3.8, 4) is 0 Å². The van der Waals surface area contributed by atoms with Crippen LogP contribution in [0.5, 0.6) is 0 Å². The highest BCUT2D eigenvalue weighted by atomic mass is 16.5. The minimum absolute atomic E-state index is 0.0551. The number of esters is 1. The summed E-state index contributed by atoms with van der Waals surface area (Å²) >= 11 is 0. The first-order valence-corrected chi connectivity index (χ1v) is 9.91. The number of hydrogen-bond acceptors (Lipinski definition) is 3. The van der Waals surface area contributed by atoms with E-state index < -0.39 is 0 Å². The van der Waals surface area contributed by atoms with E-state index in [-0.39, 0.29) is 5.97 Å². The van der Waals surface area contributed by atoms with Crippen LogP contribution in [0, 0.1) is 6.92 Å². The summed E-state index contributed by atoms with van der Waals surface area (Å²) in [5, 5.41) is 0. The zero-order valence-corrected chi connectivity index (χ0v) is 16.0. The van der Waals surface area contributed by atoms with Gasteiger partial charge < -0.3 is 9.15 Å². The molecule has 1 aromatic rings. The Morgan fingerprint density at radius 2 is 1.62 bits per heavy atom. The quantitative estimate of drug-likeness (QED) is 0.302. The third-order valence-corrected chi connectivity index (χ3v) is 4.44. The van der Waals surface area contributed by atoms with Crippen molar-refractivity contribution in [2.45, 2.75) is 97.8 Å². The molecule has 0 spiro atoms. The van der Waals surface area contributed by atoms with Gasteiger partial charge in [-0.05, 0) is 44.7 Å². The van der Waals surface area contributed by atoms with Crippen LogP contribution < -0.4 is 0 Å². The monoisotopic (exact) mass is 336 g/mol. The number of carbonyl (C=O) groups excluding carboxylic acids is 1. The third-order valence-electron chi connectivity index (χ3n) is 4.44. The molecule has 0 aliphatic rings. The van der Waals surface area contributed by atoms with E-state index in [9.17, 15) is 4.79 Å². The van der Waals surface area contributed by atoms with Gasteiger partial charge in [0.1, 0.15) is 11.5 Å². The van der Waals surface area contributed by atoms with Crippen LogP contribution in [0.15, 0.2) is 10.5 Å². The summed E-state index contributed by atoms with van der Waals surface area (Å²) in [4.78, 5) is 11.2. The largest absolute Gasteiger partial charge is 0.466 e. The number of hydrogen-bond donors (Lipinski definition) is 0. The Bertz CT molecular complexity index is 448. The second kappa shape index (κ2) is 13.1. The first kappa shape index (κ1) is 20.8. The molecule has 0 aromatic carbocycles. The van der Waals surface area contributed by atoms with Gasteiger partial charge >= 0.3 is 5.97 Å². The minimum atomic E-state index is -0.0551. The van der Waals surface area contributed by atoms with Gasteiger partial charge in [-0.2, -0.15) is 0 Å². The van der Waals surface area contributed by atoms with Crippen molar-refractivity contribution in [3.63, 3.8) is 0 Å². The number of unbranched alkanes of at least 4 members (excludes halogenated alkanes) is 7. The fourth-order valence-corrected chi connectivity index (χ4v) is 3.01. The average molecular weight is 337 g/mol. The lowest BCUT2D eigenvalue weighted by Gasteiger charge is -2.03. The summed E-state index contributed by atoms with van der Waals surface area (Å²) in [6, 6.07) is 2.22. The molecular formula is C21H36O3. The highest BCUT2D eigenvalue weighted by Gasteiger charge is 2.07. The van der Waals surface area contributed by atoms with Crippen molar-refractivity contribution in [3.05, 3.63) is 23.2 Å². The molecular weight excluding hydrogens is 300 g/mol. The normalized spacial score (nSPS) is 11.0. The molecule has 138 valence electrons. The summed E-state index contributed by atoms with van der Waals surface area (Å²) in [7, 11) is 0. The van der Waals surface area contributed by atoms with E-state index in [0.717, 1.165) is 31.4 Å². The Morgan fingerprint density at radius 1 is 0.958 bits per heavy atom. The van der Waals surface area contributed by atoms with Gasteiger partial charge in [-0.25, -0.2) is 0 Å². The topological polar surface area (TPSA) is 39.4 Å². The molecule has 0 radical (unpaired) electrons. The molecule has 0 unspecified atom stereocenters. The molecule has 0 saturated carbocycles. The van der Waals surface area contributed by atoms with Gasteiger partial charge in [0.25, 0.3) is 0 Å². The smallest absolute Gasteiger partial charge is 0.305 e. The van der Waals surface area contributed by atoms with Gasteiger partial charge in [0.05, 0.1) is 6.61 Å². The van der Waals surface area contributed by atoms with E-state index in [0.29, 0.717) is 13.0 Å². The van der Waals surface area contributed by atoms with E-state index in [4.69, 9.17) is 9.15 Å². The molecule has 1 heterocycles. The summed E-state index contributed by atoms with van der Waals surface area (Å²) in [6.07, 6.45) is 13.4. The molecule has 0 fully saturated rings. The van der Waals surface area contributed by atoms with Crippen molar-refractivity contribution >= 4 is 5.97 Å². The van der Waals surface area contributed by atoms with Crippen LogP contribution in [-0.4, -0.2) is 12.6 Å². The molecule has 24 heavy (non-hydrogen) atoms. The fraction of sp³-hybridized carbons (Fsp3) is 0.762. The second-order valence-corrected chi connectivity index (χ2v) is 6.70. The van der Waals surface area contributed by atoms with Gasteiger partial charge in [-0.3, -0.25) is 4.79 Å². The summed E-state index contributed by atoms with van der Waals surface area (Å²) in [5.41, 5.74) is 1.32. The van der Waals surface area contributed by atoms with E-state index in [1.54, 1.807) is 0 Å². The first-order valence-electron chi connectivity index (χ1n) is 9.91. The summed E-state index contributed by atoms with van der Waals surface area (Å²) < 4.78 is 10.9. The SMILES string of the molecule is CCCCCc1cc(C)c(CCCCCCCCC(=O)OCC)o1. The van der Waals surface area contributed by atoms with Crippen molar-refractivity contribution in [1.82, 2.24) is 0 Å². The number of furan rings is 1. The molecule has 0 bridgehead atoms. The van der Waals surface area contributed by atoms with E-state index in [1.165, 1.54) is 56.3 Å². The van der Waals surface area contributed by atoms with Gasteiger partial charge in [-0.15, -0.1) is 0 Å².